The highest BCUT2D eigenvalue weighted by Gasteiger charge is 2.42. The topological polar surface area (TPSA) is 21.3 Å². The normalized spacial score (nSPS) is 27.3. The smallest absolute Gasteiger partial charge is 0.130 e. The van der Waals surface area contributed by atoms with Gasteiger partial charge in [-0.15, -0.1) is 12.4 Å². The molecule has 2 aliphatic rings. The van der Waals surface area contributed by atoms with Gasteiger partial charge in [0.05, 0.1) is 0 Å². The Bertz CT molecular complexity index is 377. The predicted molar refractivity (Wildman–Crippen MR) is 58.2 cm³/mol. The largest absolute Gasteiger partial charge is 0.485 e. The molecule has 0 aromatic heterocycles. The maximum Gasteiger partial charge on any atom is 0.130 e. The molecule has 0 bridgehead atoms. The summed E-state index contributed by atoms with van der Waals surface area (Å²) in [5, 5.41) is 3.26. The van der Waals surface area contributed by atoms with E-state index in [0.29, 0.717) is 6.42 Å². The Morgan fingerprint density at radius 3 is 2.93 bits per heavy atom. The molecule has 4 heteroatoms. The molecule has 0 aliphatic carbocycles. The molecule has 1 aromatic rings. The molecule has 1 atom stereocenters. The highest BCUT2D eigenvalue weighted by atomic mass is 35.5. The summed E-state index contributed by atoms with van der Waals surface area (Å²) in [6, 6.07) is 5.06. The van der Waals surface area contributed by atoms with E-state index in [0.717, 1.165) is 30.8 Å². The molecular formula is C11H13ClFNO. The lowest BCUT2D eigenvalue weighted by molar-refractivity contribution is 0.117. The number of hydrogen-bond acceptors (Lipinski definition) is 2. The molecule has 0 amide bonds. The van der Waals surface area contributed by atoms with E-state index in [1.54, 1.807) is 6.07 Å². The van der Waals surface area contributed by atoms with Gasteiger partial charge in [0.25, 0.3) is 0 Å². The van der Waals surface area contributed by atoms with Crippen LogP contribution in [0.25, 0.3) is 0 Å². The molecule has 1 spiro atoms. The van der Waals surface area contributed by atoms with Crippen molar-refractivity contribution in [3.8, 4) is 5.75 Å². The third kappa shape index (κ3) is 1.60. The first-order valence-corrected chi connectivity index (χ1v) is 4.96. The van der Waals surface area contributed by atoms with Crippen molar-refractivity contribution in [3.05, 3.63) is 29.6 Å². The number of halogens is 2. The highest BCUT2D eigenvalue weighted by molar-refractivity contribution is 5.85. The lowest BCUT2D eigenvalue weighted by Crippen LogP contribution is -2.36. The molecule has 1 aromatic carbocycles. The zero-order chi connectivity index (χ0) is 9.60. The summed E-state index contributed by atoms with van der Waals surface area (Å²) in [7, 11) is 0. The molecule has 1 N–H and O–H groups in total. The summed E-state index contributed by atoms with van der Waals surface area (Å²) in [6.45, 7) is 1.80. The van der Waals surface area contributed by atoms with Crippen molar-refractivity contribution in [2.75, 3.05) is 13.1 Å². The molecule has 2 heterocycles. The Kier molecular flexibility index (Phi) is 2.61. The van der Waals surface area contributed by atoms with E-state index in [1.807, 2.05) is 6.07 Å². The van der Waals surface area contributed by atoms with Gasteiger partial charge in [-0.25, -0.2) is 4.39 Å². The molecule has 82 valence electrons. The van der Waals surface area contributed by atoms with Crippen molar-refractivity contribution < 1.29 is 9.13 Å². The van der Waals surface area contributed by atoms with Crippen molar-refractivity contribution in [3.63, 3.8) is 0 Å². The number of hydrogen-bond donors (Lipinski definition) is 1. The standard InChI is InChI=1S/C11H12FNO.ClH/c12-9-2-1-3-10-8(9)6-11(14-10)4-5-13-7-11;/h1-3,13H,4-7H2;1H. The van der Waals surface area contributed by atoms with Crippen LogP contribution in [0.4, 0.5) is 4.39 Å². The second kappa shape index (κ2) is 3.65. The van der Waals surface area contributed by atoms with Crippen molar-refractivity contribution in [1.29, 1.82) is 0 Å². The number of nitrogens with one attached hydrogen (secondary N) is 1. The van der Waals surface area contributed by atoms with E-state index in [-0.39, 0.29) is 23.8 Å². The number of rotatable bonds is 0. The van der Waals surface area contributed by atoms with E-state index in [2.05, 4.69) is 5.32 Å². The average Bonchev–Trinajstić information content (AvgIpc) is 2.75. The second-order valence-electron chi connectivity index (χ2n) is 4.11. The highest BCUT2D eigenvalue weighted by Crippen LogP contribution is 2.39. The van der Waals surface area contributed by atoms with E-state index >= 15 is 0 Å². The summed E-state index contributed by atoms with van der Waals surface area (Å²) in [5.41, 5.74) is 0.584. The van der Waals surface area contributed by atoms with E-state index in [1.165, 1.54) is 6.07 Å². The summed E-state index contributed by atoms with van der Waals surface area (Å²) < 4.78 is 19.3. The maximum absolute atomic E-state index is 13.4. The minimum Gasteiger partial charge on any atom is -0.485 e. The number of fused-ring (bicyclic) bond motifs is 1. The van der Waals surface area contributed by atoms with Crippen molar-refractivity contribution in [2.45, 2.75) is 18.4 Å². The first kappa shape index (κ1) is 10.7. The molecule has 0 saturated carbocycles. The SMILES string of the molecule is Cl.Fc1cccc2c1CC1(CCNC1)O2. The molecule has 1 fully saturated rings. The number of benzene rings is 1. The number of ether oxygens (including phenoxy) is 1. The van der Waals surface area contributed by atoms with E-state index in [9.17, 15) is 4.39 Å². The van der Waals surface area contributed by atoms with Crippen LogP contribution in [0.3, 0.4) is 0 Å². The van der Waals surface area contributed by atoms with Gasteiger partial charge in [0.1, 0.15) is 17.2 Å². The van der Waals surface area contributed by atoms with Gasteiger partial charge < -0.3 is 10.1 Å². The van der Waals surface area contributed by atoms with Crippen LogP contribution in [0, 0.1) is 5.82 Å². The molecule has 3 rings (SSSR count). The van der Waals surface area contributed by atoms with Crippen LogP contribution >= 0.6 is 12.4 Å². The lowest BCUT2D eigenvalue weighted by Gasteiger charge is -2.21. The van der Waals surface area contributed by atoms with Gasteiger partial charge in [-0.2, -0.15) is 0 Å². The molecule has 0 radical (unpaired) electrons. The van der Waals surface area contributed by atoms with Crippen LogP contribution in [0.1, 0.15) is 12.0 Å². The molecular weight excluding hydrogens is 217 g/mol. The molecule has 1 unspecified atom stereocenters. The first-order chi connectivity index (χ1) is 6.79. The van der Waals surface area contributed by atoms with Crippen molar-refractivity contribution in [2.24, 2.45) is 0 Å². The van der Waals surface area contributed by atoms with Crippen LogP contribution in [0.2, 0.25) is 0 Å². The molecule has 2 aliphatic heterocycles. The van der Waals surface area contributed by atoms with Crippen LogP contribution < -0.4 is 10.1 Å². The Balaban J connectivity index is 0.000000853. The fraction of sp³-hybridized carbons (Fsp3) is 0.455. The quantitative estimate of drug-likeness (QED) is 0.734. The fourth-order valence-corrected chi connectivity index (χ4v) is 2.36. The Morgan fingerprint density at radius 1 is 1.40 bits per heavy atom. The van der Waals surface area contributed by atoms with Crippen LogP contribution in [-0.4, -0.2) is 18.7 Å². The average molecular weight is 230 g/mol. The monoisotopic (exact) mass is 229 g/mol. The predicted octanol–water partition coefficient (Wildman–Crippen LogP) is 1.91. The van der Waals surface area contributed by atoms with E-state index in [4.69, 9.17) is 4.74 Å². The van der Waals surface area contributed by atoms with Gasteiger partial charge >= 0.3 is 0 Å². The Morgan fingerprint density at radius 2 is 2.27 bits per heavy atom. The second-order valence-corrected chi connectivity index (χ2v) is 4.11. The molecule has 15 heavy (non-hydrogen) atoms. The summed E-state index contributed by atoms with van der Waals surface area (Å²) in [6.07, 6.45) is 1.68. The molecule has 1 saturated heterocycles. The third-order valence-corrected chi connectivity index (χ3v) is 3.11. The van der Waals surface area contributed by atoms with Gasteiger partial charge in [-0.1, -0.05) is 6.07 Å². The Hall–Kier alpha value is -0.800. The minimum absolute atomic E-state index is 0. The van der Waals surface area contributed by atoms with Gasteiger partial charge in [0, 0.05) is 24.9 Å². The zero-order valence-corrected chi connectivity index (χ0v) is 9.07. The van der Waals surface area contributed by atoms with Crippen molar-refractivity contribution in [1.82, 2.24) is 5.32 Å². The summed E-state index contributed by atoms with van der Waals surface area (Å²) in [5.74, 6) is 0.597. The van der Waals surface area contributed by atoms with Crippen molar-refractivity contribution >= 4 is 12.4 Å². The van der Waals surface area contributed by atoms with E-state index < -0.39 is 0 Å². The summed E-state index contributed by atoms with van der Waals surface area (Å²) >= 11 is 0. The van der Waals surface area contributed by atoms with Gasteiger partial charge in [0.2, 0.25) is 0 Å². The Labute approximate surface area is 94.2 Å². The van der Waals surface area contributed by atoms with Gasteiger partial charge in [0.15, 0.2) is 0 Å². The van der Waals surface area contributed by atoms with Crippen LogP contribution in [-0.2, 0) is 6.42 Å². The molecule has 2 nitrogen and oxygen atoms in total. The van der Waals surface area contributed by atoms with Crippen LogP contribution in [0.5, 0.6) is 5.75 Å². The lowest BCUT2D eigenvalue weighted by atomic mass is 9.96. The first-order valence-electron chi connectivity index (χ1n) is 4.96. The zero-order valence-electron chi connectivity index (χ0n) is 8.25. The van der Waals surface area contributed by atoms with Crippen LogP contribution in [0.15, 0.2) is 18.2 Å². The third-order valence-electron chi connectivity index (χ3n) is 3.11. The maximum atomic E-state index is 13.4. The van der Waals surface area contributed by atoms with Gasteiger partial charge in [-0.3, -0.25) is 0 Å². The van der Waals surface area contributed by atoms with Gasteiger partial charge in [-0.05, 0) is 18.7 Å². The summed E-state index contributed by atoms with van der Waals surface area (Å²) in [4.78, 5) is 0. The fourth-order valence-electron chi connectivity index (χ4n) is 2.36. The minimum atomic E-state index is -0.162.